The van der Waals surface area contributed by atoms with Gasteiger partial charge in [-0.3, -0.25) is 0 Å². The van der Waals surface area contributed by atoms with Crippen LogP contribution < -0.4 is 0 Å². The van der Waals surface area contributed by atoms with Gasteiger partial charge in [-0.2, -0.15) is 0 Å². The molecule has 0 spiro atoms. The number of hydrogen-bond donors (Lipinski definition) is 2. The molecule has 0 unspecified atom stereocenters. The summed E-state index contributed by atoms with van der Waals surface area (Å²) in [5.41, 5.74) is 0. The lowest BCUT2D eigenvalue weighted by Crippen LogP contribution is -1.79. The van der Waals surface area contributed by atoms with Gasteiger partial charge in [-0.1, -0.05) is 36.4 Å². The van der Waals surface area contributed by atoms with E-state index in [1.807, 2.05) is 6.07 Å². The highest BCUT2D eigenvalue weighted by atomic mass is 16.3. The van der Waals surface area contributed by atoms with Crippen LogP contribution in [-0.4, -0.2) is 10.2 Å². The summed E-state index contributed by atoms with van der Waals surface area (Å²) in [6.07, 6.45) is 0. The van der Waals surface area contributed by atoms with Crippen LogP contribution >= 0.6 is 0 Å². The van der Waals surface area contributed by atoms with Gasteiger partial charge in [0.2, 0.25) is 0 Å². The fourth-order valence-electron chi connectivity index (χ4n) is 4.22. The Bertz CT molecular complexity index is 1320. The van der Waals surface area contributed by atoms with Crippen molar-refractivity contribution in [2.45, 2.75) is 0 Å². The number of phenols is 2. The molecule has 0 aliphatic carbocycles. The van der Waals surface area contributed by atoms with Crippen LogP contribution in [0, 0.1) is 0 Å². The molecule has 0 heterocycles. The first-order chi connectivity index (χ1) is 10.7. The smallest absolute Gasteiger partial charge is 0.124 e. The molecule has 0 aromatic heterocycles. The molecule has 0 atom stereocenters. The molecular formula is C20H10O2. The van der Waals surface area contributed by atoms with E-state index >= 15 is 0 Å². The van der Waals surface area contributed by atoms with Crippen LogP contribution in [0.3, 0.4) is 0 Å². The third kappa shape index (κ3) is 0.941. The SMILES string of the molecule is Oc1cc2c(O)cc3ccc4ccc5ccc1c1c5c4c3c21. The monoisotopic (exact) mass is 282 g/mol. The lowest BCUT2D eigenvalue weighted by atomic mass is 9.98. The maximum absolute atomic E-state index is 10.4. The van der Waals surface area contributed by atoms with E-state index in [4.69, 9.17) is 0 Å². The van der Waals surface area contributed by atoms with E-state index in [2.05, 4.69) is 30.3 Å². The Morgan fingerprint density at radius 3 is 1.73 bits per heavy atom. The quantitative estimate of drug-likeness (QED) is 0.377. The van der Waals surface area contributed by atoms with Crippen molar-refractivity contribution < 1.29 is 10.2 Å². The second-order valence-corrected chi connectivity index (χ2v) is 6.13. The van der Waals surface area contributed by atoms with Crippen LogP contribution in [0.5, 0.6) is 11.5 Å². The highest BCUT2D eigenvalue weighted by Gasteiger charge is 2.22. The average Bonchev–Trinajstić information content (AvgIpc) is 2.89. The van der Waals surface area contributed by atoms with Gasteiger partial charge in [-0.05, 0) is 44.5 Å². The first-order valence-electron chi connectivity index (χ1n) is 7.33. The predicted octanol–water partition coefficient (Wildman–Crippen LogP) is 5.18. The van der Waals surface area contributed by atoms with Gasteiger partial charge in [0.1, 0.15) is 11.5 Å². The van der Waals surface area contributed by atoms with E-state index in [0.29, 0.717) is 0 Å². The summed E-state index contributed by atoms with van der Waals surface area (Å²) < 4.78 is 0. The molecule has 6 rings (SSSR count). The third-order valence-electron chi connectivity index (χ3n) is 5.09. The fraction of sp³-hybridized carbons (Fsp3) is 0. The van der Waals surface area contributed by atoms with Crippen molar-refractivity contribution in [3.63, 3.8) is 0 Å². The minimum Gasteiger partial charge on any atom is -0.507 e. The van der Waals surface area contributed by atoms with Crippen molar-refractivity contribution in [3.05, 3.63) is 48.5 Å². The van der Waals surface area contributed by atoms with Crippen LogP contribution in [0.1, 0.15) is 0 Å². The number of hydrogen-bond acceptors (Lipinski definition) is 2. The van der Waals surface area contributed by atoms with Crippen molar-refractivity contribution in [3.8, 4) is 11.5 Å². The molecule has 2 heteroatoms. The second kappa shape index (κ2) is 3.09. The largest absolute Gasteiger partial charge is 0.507 e. The van der Waals surface area contributed by atoms with Gasteiger partial charge in [0.25, 0.3) is 0 Å². The van der Waals surface area contributed by atoms with Crippen LogP contribution in [0.15, 0.2) is 48.5 Å². The molecule has 0 aliphatic heterocycles. The van der Waals surface area contributed by atoms with Crippen molar-refractivity contribution in [1.29, 1.82) is 0 Å². The molecule has 6 aromatic carbocycles. The van der Waals surface area contributed by atoms with E-state index in [9.17, 15) is 10.2 Å². The number of aromatic hydroxyl groups is 2. The Morgan fingerprint density at radius 1 is 0.455 bits per heavy atom. The minimum absolute atomic E-state index is 0.226. The van der Waals surface area contributed by atoms with Crippen LogP contribution in [-0.2, 0) is 0 Å². The van der Waals surface area contributed by atoms with E-state index in [1.165, 1.54) is 26.9 Å². The molecule has 0 fully saturated rings. The summed E-state index contributed by atoms with van der Waals surface area (Å²) in [5.74, 6) is 0.452. The van der Waals surface area contributed by atoms with E-state index in [0.717, 1.165) is 26.9 Å². The van der Waals surface area contributed by atoms with Crippen molar-refractivity contribution >= 4 is 53.9 Å². The molecule has 0 saturated heterocycles. The summed E-state index contributed by atoms with van der Waals surface area (Å²) in [6, 6.07) is 16.0. The van der Waals surface area contributed by atoms with Crippen LogP contribution in [0.25, 0.3) is 53.9 Å². The molecule has 0 bridgehead atoms. The summed E-state index contributed by atoms with van der Waals surface area (Å²) in [7, 11) is 0. The lowest BCUT2D eigenvalue weighted by Gasteiger charge is -2.08. The van der Waals surface area contributed by atoms with Gasteiger partial charge >= 0.3 is 0 Å². The summed E-state index contributed by atoms with van der Waals surface area (Å²) in [6.45, 7) is 0. The van der Waals surface area contributed by atoms with Gasteiger partial charge in [0.05, 0.1) is 0 Å². The molecular weight excluding hydrogens is 272 g/mol. The first kappa shape index (κ1) is 10.7. The Labute approximate surface area is 124 Å². The topological polar surface area (TPSA) is 40.5 Å². The maximum atomic E-state index is 10.4. The summed E-state index contributed by atoms with van der Waals surface area (Å²) in [4.78, 5) is 0. The molecule has 102 valence electrons. The third-order valence-corrected chi connectivity index (χ3v) is 5.09. The number of phenolic OH excluding ortho intramolecular Hbond substituents is 2. The minimum atomic E-state index is 0.226. The Balaban J connectivity index is 2.23. The van der Waals surface area contributed by atoms with Gasteiger partial charge < -0.3 is 10.2 Å². The Morgan fingerprint density at radius 2 is 0.955 bits per heavy atom. The molecule has 2 N–H and O–H groups in total. The van der Waals surface area contributed by atoms with E-state index in [1.54, 1.807) is 12.1 Å². The number of benzene rings is 5. The Hall–Kier alpha value is -3.00. The normalized spacial score (nSPS) is 12.9. The van der Waals surface area contributed by atoms with Crippen molar-refractivity contribution in [2.24, 2.45) is 0 Å². The van der Waals surface area contributed by atoms with Crippen LogP contribution in [0.4, 0.5) is 0 Å². The van der Waals surface area contributed by atoms with E-state index < -0.39 is 0 Å². The molecule has 0 aliphatic rings. The lowest BCUT2D eigenvalue weighted by molar-refractivity contribution is 0.476. The molecule has 2 nitrogen and oxygen atoms in total. The highest BCUT2D eigenvalue weighted by Crippen LogP contribution is 2.51. The molecule has 0 saturated carbocycles. The van der Waals surface area contributed by atoms with Crippen molar-refractivity contribution in [1.82, 2.24) is 0 Å². The van der Waals surface area contributed by atoms with Crippen molar-refractivity contribution in [2.75, 3.05) is 0 Å². The molecule has 22 heavy (non-hydrogen) atoms. The zero-order valence-corrected chi connectivity index (χ0v) is 11.5. The molecule has 0 amide bonds. The Kier molecular flexibility index (Phi) is 1.50. The van der Waals surface area contributed by atoms with Gasteiger partial charge in [0, 0.05) is 21.5 Å². The summed E-state index contributed by atoms with van der Waals surface area (Å²) >= 11 is 0. The molecule has 6 aromatic rings. The zero-order valence-electron chi connectivity index (χ0n) is 11.5. The highest BCUT2D eigenvalue weighted by molar-refractivity contribution is 6.45. The van der Waals surface area contributed by atoms with Gasteiger partial charge in [0.15, 0.2) is 0 Å². The summed E-state index contributed by atoms with van der Waals surface area (Å²) in [5, 5.41) is 31.6. The second-order valence-electron chi connectivity index (χ2n) is 6.13. The first-order valence-corrected chi connectivity index (χ1v) is 7.33. The molecule has 0 radical (unpaired) electrons. The average molecular weight is 282 g/mol. The van der Waals surface area contributed by atoms with Crippen LogP contribution in [0.2, 0.25) is 0 Å². The van der Waals surface area contributed by atoms with Gasteiger partial charge in [-0.25, -0.2) is 0 Å². The predicted molar refractivity (Wildman–Crippen MR) is 90.9 cm³/mol. The standard InChI is InChI=1S/C20H10O2/c21-14-7-11-4-3-9-1-2-10-5-6-12-15(22)8-13(14)20-18(11)16(9)17(10)19(12)20/h1-8,21-22H. The maximum Gasteiger partial charge on any atom is 0.124 e. The number of rotatable bonds is 0. The van der Waals surface area contributed by atoms with E-state index in [-0.39, 0.29) is 11.5 Å². The fourth-order valence-corrected chi connectivity index (χ4v) is 4.22. The van der Waals surface area contributed by atoms with Gasteiger partial charge in [-0.15, -0.1) is 0 Å². The zero-order chi connectivity index (χ0) is 14.6.